The number of rotatable bonds is 1. The van der Waals surface area contributed by atoms with E-state index in [0.717, 1.165) is 5.69 Å². The number of nitrogens with two attached hydrogens (primary N) is 1. The third kappa shape index (κ3) is 2.79. The summed E-state index contributed by atoms with van der Waals surface area (Å²) in [7, 11) is 0. The van der Waals surface area contributed by atoms with Gasteiger partial charge in [-0.25, -0.2) is 0 Å². The Morgan fingerprint density at radius 2 is 1.84 bits per heavy atom. The first-order valence-electron chi connectivity index (χ1n) is 5.95. The van der Waals surface area contributed by atoms with Crippen molar-refractivity contribution in [2.45, 2.75) is 26.2 Å². The first-order valence-corrected chi connectivity index (χ1v) is 6.33. The Labute approximate surface area is 117 Å². The van der Waals surface area contributed by atoms with E-state index < -0.39 is 0 Å². The van der Waals surface area contributed by atoms with E-state index in [9.17, 15) is 4.79 Å². The zero-order chi connectivity index (χ0) is 14.2. The van der Waals surface area contributed by atoms with E-state index in [1.807, 2.05) is 20.8 Å². The Balaban J connectivity index is 2.39. The van der Waals surface area contributed by atoms with Crippen LogP contribution in [0.15, 0.2) is 30.3 Å². The molecule has 0 radical (unpaired) electrons. The molecule has 2 N–H and O–H groups in total. The van der Waals surface area contributed by atoms with Gasteiger partial charge in [-0.3, -0.25) is 4.79 Å². The number of hydrogen-bond donors (Lipinski definition) is 1. The largest absolute Gasteiger partial charge is 0.383 e. The molecule has 2 rings (SSSR count). The smallest absolute Gasteiger partial charge is 0.280 e. The summed E-state index contributed by atoms with van der Waals surface area (Å²) in [5.74, 6) is 0.0783. The molecule has 19 heavy (non-hydrogen) atoms. The summed E-state index contributed by atoms with van der Waals surface area (Å²) < 4.78 is 1.23. The minimum Gasteiger partial charge on any atom is -0.383 e. The lowest BCUT2D eigenvalue weighted by atomic mass is 9.92. The molecule has 0 aliphatic heterocycles. The first kappa shape index (κ1) is 13.6. The Hall–Kier alpha value is -1.81. The van der Waals surface area contributed by atoms with Crippen molar-refractivity contribution >= 4 is 23.3 Å². The predicted molar refractivity (Wildman–Crippen MR) is 76.5 cm³/mol. The molecule has 0 spiro atoms. The van der Waals surface area contributed by atoms with Gasteiger partial charge in [0.25, 0.3) is 5.91 Å². The van der Waals surface area contributed by atoms with Crippen LogP contribution in [0.25, 0.3) is 0 Å². The van der Waals surface area contributed by atoms with E-state index in [-0.39, 0.29) is 11.3 Å². The topological polar surface area (TPSA) is 60.9 Å². The van der Waals surface area contributed by atoms with Gasteiger partial charge in [-0.1, -0.05) is 32.4 Å². The second kappa shape index (κ2) is 4.70. The molecule has 0 aliphatic rings. The van der Waals surface area contributed by atoms with Crippen molar-refractivity contribution in [1.29, 1.82) is 0 Å². The van der Waals surface area contributed by atoms with Crippen molar-refractivity contribution in [2.75, 3.05) is 5.73 Å². The van der Waals surface area contributed by atoms with Crippen molar-refractivity contribution in [2.24, 2.45) is 0 Å². The molecule has 0 amide bonds. The lowest BCUT2D eigenvalue weighted by Crippen LogP contribution is -2.18. The average molecular weight is 278 g/mol. The number of hydrogen-bond acceptors (Lipinski definition) is 3. The Kier molecular flexibility index (Phi) is 3.37. The molecule has 0 saturated carbocycles. The molecule has 0 fully saturated rings. The highest BCUT2D eigenvalue weighted by atomic mass is 35.5. The standard InChI is InChI=1S/C14H16ClN3O/c1-14(2,3)11-8-12(16)18(17-11)13(19)9-4-6-10(15)7-5-9/h4-8H,16H2,1-3H3. The third-order valence-electron chi connectivity index (χ3n) is 2.79. The van der Waals surface area contributed by atoms with E-state index in [1.54, 1.807) is 30.3 Å². The fourth-order valence-electron chi connectivity index (χ4n) is 1.64. The van der Waals surface area contributed by atoms with Crippen LogP contribution in [0, 0.1) is 0 Å². The van der Waals surface area contributed by atoms with E-state index in [2.05, 4.69) is 5.10 Å². The van der Waals surface area contributed by atoms with Crippen molar-refractivity contribution in [3.05, 3.63) is 46.6 Å². The summed E-state index contributed by atoms with van der Waals surface area (Å²) in [6, 6.07) is 8.37. The monoisotopic (exact) mass is 277 g/mol. The highest BCUT2D eigenvalue weighted by molar-refractivity contribution is 6.30. The number of benzene rings is 1. The van der Waals surface area contributed by atoms with Crippen LogP contribution in [0.1, 0.15) is 36.8 Å². The molecule has 4 nitrogen and oxygen atoms in total. The molecule has 0 aliphatic carbocycles. The Morgan fingerprint density at radius 3 is 2.32 bits per heavy atom. The maximum absolute atomic E-state index is 12.3. The second-order valence-corrected chi connectivity index (χ2v) is 5.86. The van der Waals surface area contributed by atoms with Crippen molar-refractivity contribution < 1.29 is 4.79 Å². The minimum atomic E-state index is -0.260. The lowest BCUT2D eigenvalue weighted by molar-refractivity contribution is 0.0947. The van der Waals surface area contributed by atoms with Crippen LogP contribution in [0.2, 0.25) is 5.02 Å². The molecule has 1 aromatic heterocycles. The maximum atomic E-state index is 12.3. The zero-order valence-corrected chi connectivity index (χ0v) is 11.9. The molecule has 5 heteroatoms. The van der Waals surface area contributed by atoms with E-state index in [1.165, 1.54) is 4.68 Å². The fraction of sp³-hybridized carbons (Fsp3) is 0.286. The van der Waals surface area contributed by atoms with E-state index in [4.69, 9.17) is 17.3 Å². The summed E-state index contributed by atoms with van der Waals surface area (Å²) in [6.45, 7) is 6.06. The summed E-state index contributed by atoms with van der Waals surface area (Å²) in [6.07, 6.45) is 0. The van der Waals surface area contributed by atoms with Gasteiger partial charge in [0.15, 0.2) is 0 Å². The van der Waals surface area contributed by atoms with Crippen molar-refractivity contribution in [3.63, 3.8) is 0 Å². The molecule has 0 unspecified atom stereocenters. The van der Waals surface area contributed by atoms with Gasteiger partial charge in [0.1, 0.15) is 5.82 Å². The number of carbonyl (C=O) groups excluding carboxylic acids is 1. The van der Waals surface area contributed by atoms with Crippen LogP contribution < -0.4 is 5.73 Å². The quantitative estimate of drug-likeness (QED) is 0.871. The molecular formula is C14H16ClN3O. The normalized spacial score (nSPS) is 11.6. The number of carbonyl (C=O) groups is 1. The highest BCUT2D eigenvalue weighted by Gasteiger charge is 2.21. The van der Waals surface area contributed by atoms with Gasteiger partial charge >= 0.3 is 0 Å². The predicted octanol–water partition coefficient (Wildman–Crippen LogP) is 3.10. The molecular weight excluding hydrogens is 262 g/mol. The zero-order valence-electron chi connectivity index (χ0n) is 11.1. The minimum absolute atomic E-state index is 0.153. The number of aromatic nitrogens is 2. The summed E-state index contributed by atoms with van der Waals surface area (Å²) in [4.78, 5) is 12.3. The van der Waals surface area contributed by atoms with Gasteiger partial charge in [0.05, 0.1) is 5.69 Å². The molecule has 100 valence electrons. The SMILES string of the molecule is CC(C)(C)c1cc(N)n(C(=O)c2ccc(Cl)cc2)n1. The van der Waals surface area contributed by atoms with E-state index >= 15 is 0 Å². The lowest BCUT2D eigenvalue weighted by Gasteiger charge is -2.13. The van der Waals surface area contributed by atoms with Gasteiger partial charge in [-0.05, 0) is 24.3 Å². The van der Waals surface area contributed by atoms with Crippen LogP contribution >= 0.6 is 11.6 Å². The van der Waals surface area contributed by atoms with Gasteiger partial charge < -0.3 is 5.73 Å². The summed E-state index contributed by atoms with van der Waals surface area (Å²) >= 11 is 5.80. The number of nitrogen functional groups attached to an aromatic ring is 1. The molecule has 1 aromatic carbocycles. The van der Waals surface area contributed by atoms with Crippen LogP contribution in [-0.2, 0) is 5.41 Å². The number of halogens is 1. The summed E-state index contributed by atoms with van der Waals surface area (Å²) in [5, 5.41) is 4.87. The molecule has 2 aromatic rings. The molecule has 1 heterocycles. The molecule has 0 atom stereocenters. The van der Waals surface area contributed by atoms with Gasteiger partial charge in [0.2, 0.25) is 0 Å². The average Bonchev–Trinajstić information content (AvgIpc) is 2.71. The fourth-order valence-corrected chi connectivity index (χ4v) is 1.77. The Morgan fingerprint density at radius 1 is 1.26 bits per heavy atom. The molecule has 0 bridgehead atoms. The van der Waals surface area contributed by atoms with Crippen LogP contribution in [0.5, 0.6) is 0 Å². The highest BCUT2D eigenvalue weighted by Crippen LogP contribution is 2.23. The van der Waals surface area contributed by atoms with Gasteiger partial charge in [-0.2, -0.15) is 9.78 Å². The van der Waals surface area contributed by atoms with Crippen LogP contribution in [-0.4, -0.2) is 15.7 Å². The van der Waals surface area contributed by atoms with Crippen LogP contribution in [0.4, 0.5) is 5.82 Å². The number of nitrogens with zero attached hydrogens (tertiary/aromatic N) is 2. The second-order valence-electron chi connectivity index (χ2n) is 5.43. The molecule has 0 saturated heterocycles. The van der Waals surface area contributed by atoms with Gasteiger partial charge in [0, 0.05) is 22.1 Å². The number of anilines is 1. The van der Waals surface area contributed by atoms with Gasteiger partial charge in [-0.15, -0.1) is 0 Å². The van der Waals surface area contributed by atoms with Crippen molar-refractivity contribution in [1.82, 2.24) is 9.78 Å². The van der Waals surface area contributed by atoms with Crippen LogP contribution in [0.3, 0.4) is 0 Å². The Bertz CT molecular complexity index is 609. The summed E-state index contributed by atoms with van der Waals surface area (Å²) in [5.41, 5.74) is 6.99. The van der Waals surface area contributed by atoms with Crippen molar-refractivity contribution in [3.8, 4) is 0 Å². The first-order chi connectivity index (χ1) is 8.79. The van der Waals surface area contributed by atoms with E-state index in [0.29, 0.717) is 16.4 Å². The third-order valence-corrected chi connectivity index (χ3v) is 3.04. The maximum Gasteiger partial charge on any atom is 0.280 e.